The average Bonchev–Trinajstić information content (AvgIpc) is 3.18. The molecule has 1 fully saturated rings. The summed E-state index contributed by atoms with van der Waals surface area (Å²) in [4.78, 5) is 29.4. The second kappa shape index (κ2) is 10.9. The molecule has 1 aromatic carbocycles. The van der Waals surface area contributed by atoms with Crippen LogP contribution in [0.3, 0.4) is 0 Å². The summed E-state index contributed by atoms with van der Waals surface area (Å²) in [6.45, 7) is 9.71. The van der Waals surface area contributed by atoms with Gasteiger partial charge in [0.05, 0.1) is 17.4 Å². The average molecular weight is 463 g/mol. The summed E-state index contributed by atoms with van der Waals surface area (Å²) in [6, 6.07) is 5.45. The molecule has 1 N–H and O–H groups in total. The van der Waals surface area contributed by atoms with E-state index in [1.165, 1.54) is 23.9 Å². The molecule has 0 bridgehead atoms. The molecule has 0 radical (unpaired) electrons. The topological polar surface area (TPSA) is 83.4 Å². The van der Waals surface area contributed by atoms with E-state index in [2.05, 4.69) is 27.5 Å². The van der Waals surface area contributed by atoms with Crippen LogP contribution in [0.25, 0.3) is 0 Å². The van der Waals surface area contributed by atoms with Crippen molar-refractivity contribution in [3.63, 3.8) is 0 Å². The fourth-order valence-electron chi connectivity index (χ4n) is 3.60. The summed E-state index contributed by atoms with van der Waals surface area (Å²) >= 11 is 1.35. The summed E-state index contributed by atoms with van der Waals surface area (Å²) in [6.07, 6.45) is 0. The first-order valence-electron chi connectivity index (χ1n) is 10.9. The molecule has 1 aliphatic heterocycles. The lowest BCUT2D eigenvalue weighted by Gasteiger charge is -2.32. The Morgan fingerprint density at radius 1 is 1.16 bits per heavy atom. The molecular weight excluding hydrogens is 431 g/mol. The van der Waals surface area contributed by atoms with Gasteiger partial charge in [-0.3, -0.25) is 9.59 Å². The van der Waals surface area contributed by atoms with Gasteiger partial charge in [-0.15, -0.1) is 10.2 Å². The zero-order valence-electron chi connectivity index (χ0n) is 19.0. The van der Waals surface area contributed by atoms with Crippen molar-refractivity contribution in [2.24, 2.45) is 5.92 Å². The first kappa shape index (κ1) is 24.2. The normalized spacial score (nSPS) is 15.8. The minimum atomic E-state index is -0.567. The molecule has 3 rings (SSSR count). The van der Waals surface area contributed by atoms with Gasteiger partial charge in [-0.2, -0.15) is 0 Å². The van der Waals surface area contributed by atoms with E-state index in [1.54, 1.807) is 12.1 Å². The largest absolute Gasteiger partial charge is 0.342 e. The predicted octanol–water partition coefficient (Wildman–Crippen LogP) is 2.43. The Kier molecular flexibility index (Phi) is 8.25. The smallest absolute Gasteiger partial charge is 0.254 e. The summed E-state index contributed by atoms with van der Waals surface area (Å²) in [5.41, 5.74) is -0.00640. The molecule has 2 heterocycles. The van der Waals surface area contributed by atoms with Gasteiger partial charge in [-0.05, 0) is 32.0 Å². The number of hydrogen-bond acceptors (Lipinski definition) is 6. The number of benzene rings is 1. The number of nitrogens with one attached hydrogen (secondary N) is 1. The van der Waals surface area contributed by atoms with Crippen molar-refractivity contribution >= 4 is 23.6 Å². The first-order valence-corrected chi connectivity index (χ1v) is 11.9. The number of thioether (sulfide) groups is 1. The van der Waals surface area contributed by atoms with Gasteiger partial charge in [0, 0.05) is 32.7 Å². The number of nitrogens with zero attached hydrogens (tertiary/aromatic N) is 5. The van der Waals surface area contributed by atoms with Crippen LogP contribution in [0.1, 0.15) is 43.0 Å². The minimum absolute atomic E-state index is 0.00467. The van der Waals surface area contributed by atoms with Crippen molar-refractivity contribution in [3.05, 3.63) is 41.5 Å². The highest BCUT2D eigenvalue weighted by atomic mass is 32.2. The van der Waals surface area contributed by atoms with Gasteiger partial charge in [0.15, 0.2) is 11.0 Å². The molecule has 0 saturated carbocycles. The van der Waals surface area contributed by atoms with E-state index in [-0.39, 0.29) is 23.1 Å². The van der Waals surface area contributed by atoms with Crippen LogP contribution in [0, 0.1) is 11.7 Å². The molecule has 10 heteroatoms. The quantitative estimate of drug-likeness (QED) is 0.607. The SMILES string of the molecule is CCn1c(SCC(=O)N2CCN(C)CC2)nnc1[C@H](NC(=O)c1ccccc1F)C(C)C. The van der Waals surface area contributed by atoms with Crippen molar-refractivity contribution in [1.82, 2.24) is 29.9 Å². The third-order valence-electron chi connectivity index (χ3n) is 5.59. The molecule has 0 spiro atoms. The Balaban J connectivity index is 1.71. The summed E-state index contributed by atoms with van der Waals surface area (Å²) in [5.74, 6) is -0.0825. The van der Waals surface area contributed by atoms with Crippen molar-refractivity contribution in [1.29, 1.82) is 0 Å². The third kappa shape index (κ3) is 5.66. The van der Waals surface area contributed by atoms with Crippen LogP contribution in [0.15, 0.2) is 29.4 Å². The zero-order chi connectivity index (χ0) is 23.3. The second-order valence-electron chi connectivity index (χ2n) is 8.23. The molecule has 1 aromatic heterocycles. The maximum atomic E-state index is 14.1. The van der Waals surface area contributed by atoms with Gasteiger partial charge in [-0.1, -0.05) is 37.7 Å². The highest BCUT2D eigenvalue weighted by Crippen LogP contribution is 2.26. The Morgan fingerprint density at radius 3 is 2.47 bits per heavy atom. The van der Waals surface area contributed by atoms with Crippen LogP contribution < -0.4 is 5.32 Å². The van der Waals surface area contributed by atoms with E-state index >= 15 is 0 Å². The summed E-state index contributed by atoms with van der Waals surface area (Å²) in [7, 11) is 2.05. The maximum absolute atomic E-state index is 14.1. The van der Waals surface area contributed by atoms with E-state index < -0.39 is 17.8 Å². The molecule has 1 saturated heterocycles. The van der Waals surface area contributed by atoms with Crippen molar-refractivity contribution < 1.29 is 14.0 Å². The van der Waals surface area contributed by atoms with Crippen molar-refractivity contribution in [2.75, 3.05) is 39.0 Å². The molecule has 2 aromatic rings. The number of hydrogen-bond donors (Lipinski definition) is 1. The number of piperazine rings is 1. The number of likely N-dealkylation sites (N-methyl/N-ethyl adjacent to an activating group) is 1. The molecular formula is C22H31FN6O2S. The number of halogens is 1. The van der Waals surface area contributed by atoms with E-state index in [0.29, 0.717) is 17.5 Å². The van der Waals surface area contributed by atoms with E-state index in [1.807, 2.05) is 30.2 Å². The molecule has 0 unspecified atom stereocenters. The van der Waals surface area contributed by atoms with Crippen LogP contribution in [0.4, 0.5) is 4.39 Å². The lowest BCUT2D eigenvalue weighted by atomic mass is 10.0. The monoisotopic (exact) mass is 462 g/mol. The number of carbonyl (C=O) groups is 2. The molecule has 32 heavy (non-hydrogen) atoms. The highest BCUT2D eigenvalue weighted by Gasteiger charge is 2.27. The zero-order valence-corrected chi connectivity index (χ0v) is 19.9. The molecule has 174 valence electrons. The van der Waals surface area contributed by atoms with Crippen molar-refractivity contribution in [3.8, 4) is 0 Å². The number of aromatic nitrogens is 3. The predicted molar refractivity (Wildman–Crippen MR) is 122 cm³/mol. The van der Waals surface area contributed by atoms with Gasteiger partial charge < -0.3 is 19.7 Å². The highest BCUT2D eigenvalue weighted by molar-refractivity contribution is 7.99. The Morgan fingerprint density at radius 2 is 1.84 bits per heavy atom. The lowest BCUT2D eigenvalue weighted by molar-refractivity contribution is -0.129. The fraction of sp³-hybridized carbons (Fsp3) is 0.545. The number of amides is 2. The lowest BCUT2D eigenvalue weighted by Crippen LogP contribution is -2.47. The third-order valence-corrected chi connectivity index (χ3v) is 6.54. The van der Waals surface area contributed by atoms with E-state index in [9.17, 15) is 14.0 Å². The van der Waals surface area contributed by atoms with Crippen molar-refractivity contribution in [2.45, 2.75) is 38.5 Å². The van der Waals surface area contributed by atoms with Gasteiger partial charge in [0.1, 0.15) is 5.82 Å². The van der Waals surface area contributed by atoms with E-state index in [0.717, 1.165) is 26.2 Å². The Hall–Kier alpha value is -2.46. The molecule has 1 atom stereocenters. The summed E-state index contributed by atoms with van der Waals surface area (Å²) < 4.78 is 16.0. The Bertz CT molecular complexity index is 942. The minimum Gasteiger partial charge on any atom is -0.342 e. The van der Waals surface area contributed by atoms with Crippen LogP contribution in [0.2, 0.25) is 0 Å². The second-order valence-corrected chi connectivity index (χ2v) is 9.18. The Labute approximate surface area is 192 Å². The van der Waals surface area contributed by atoms with E-state index in [4.69, 9.17) is 0 Å². The standard InChI is InChI=1S/C22H31FN6O2S/c1-5-29-20(19(15(2)3)24-21(31)16-8-6-7-9-17(16)23)25-26-22(29)32-14-18(30)28-12-10-27(4)11-13-28/h6-9,15,19H,5,10-14H2,1-4H3,(H,24,31)/t19-/m1/s1. The van der Waals surface area contributed by atoms with Crippen LogP contribution >= 0.6 is 11.8 Å². The van der Waals surface area contributed by atoms with Gasteiger partial charge in [0.2, 0.25) is 5.91 Å². The van der Waals surface area contributed by atoms with Gasteiger partial charge in [0.25, 0.3) is 5.91 Å². The molecule has 0 aliphatic carbocycles. The number of rotatable bonds is 8. The summed E-state index contributed by atoms with van der Waals surface area (Å²) in [5, 5.41) is 12.2. The fourth-order valence-corrected chi connectivity index (χ4v) is 4.51. The molecule has 2 amide bonds. The maximum Gasteiger partial charge on any atom is 0.254 e. The van der Waals surface area contributed by atoms with Crippen LogP contribution in [0.5, 0.6) is 0 Å². The first-order chi connectivity index (χ1) is 15.3. The van der Waals surface area contributed by atoms with Crippen LogP contribution in [-0.2, 0) is 11.3 Å². The molecule has 8 nitrogen and oxygen atoms in total. The molecule has 1 aliphatic rings. The van der Waals surface area contributed by atoms with Gasteiger partial charge >= 0.3 is 0 Å². The van der Waals surface area contributed by atoms with Crippen LogP contribution in [-0.4, -0.2) is 75.4 Å². The number of carbonyl (C=O) groups excluding carboxylic acids is 2. The van der Waals surface area contributed by atoms with Gasteiger partial charge in [-0.25, -0.2) is 4.39 Å².